The van der Waals surface area contributed by atoms with E-state index in [9.17, 15) is 9.18 Å². The fourth-order valence-electron chi connectivity index (χ4n) is 2.23. The highest BCUT2D eigenvalue weighted by Crippen LogP contribution is 2.12. The highest BCUT2D eigenvalue weighted by molar-refractivity contribution is 5.93. The number of hydrogen-bond donors (Lipinski definition) is 0. The van der Waals surface area contributed by atoms with Gasteiger partial charge in [-0.25, -0.2) is 14.4 Å². The number of nitrogens with zero attached hydrogens (tertiary/aromatic N) is 4. The normalized spacial score (nSPS) is 10.5. The average Bonchev–Trinajstić information content (AvgIpc) is 3.11. The van der Waals surface area contributed by atoms with E-state index in [1.165, 1.54) is 17.2 Å². The third-order valence-electron chi connectivity index (χ3n) is 3.48. The average molecular weight is 310 g/mol. The van der Waals surface area contributed by atoms with Gasteiger partial charge in [0, 0.05) is 37.7 Å². The first-order valence-corrected chi connectivity index (χ1v) is 7.08. The molecule has 1 aromatic carbocycles. The van der Waals surface area contributed by atoms with Gasteiger partial charge in [-0.2, -0.15) is 0 Å². The predicted octanol–water partition coefficient (Wildman–Crippen LogP) is 2.68. The van der Waals surface area contributed by atoms with Crippen molar-refractivity contribution >= 4 is 5.91 Å². The Hall–Kier alpha value is -3.02. The molecule has 5 nitrogen and oxygen atoms in total. The zero-order valence-corrected chi connectivity index (χ0v) is 12.6. The molecule has 0 aliphatic carbocycles. The van der Waals surface area contributed by atoms with Crippen LogP contribution in [0.4, 0.5) is 4.39 Å². The molecule has 0 unspecified atom stereocenters. The van der Waals surface area contributed by atoms with Gasteiger partial charge < -0.3 is 4.90 Å². The van der Waals surface area contributed by atoms with E-state index in [-0.39, 0.29) is 18.3 Å². The summed E-state index contributed by atoms with van der Waals surface area (Å²) >= 11 is 0. The largest absolute Gasteiger partial charge is 0.337 e. The summed E-state index contributed by atoms with van der Waals surface area (Å²) < 4.78 is 15.4. The van der Waals surface area contributed by atoms with Gasteiger partial charge in [0.05, 0.1) is 5.56 Å². The first-order valence-electron chi connectivity index (χ1n) is 7.08. The number of rotatable bonds is 4. The molecule has 6 heteroatoms. The summed E-state index contributed by atoms with van der Waals surface area (Å²) in [7, 11) is 1.64. The maximum Gasteiger partial charge on any atom is 0.255 e. The van der Waals surface area contributed by atoms with Crippen molar-refractivity contribution in [1.29, 1.82) is 0 Å². The van der Waals surface area contributed by atoms with Gasteiger partial charge in [0.1, 0.15) is 18.0 Å². The number of imidazole rings is 1. The summed E-state index contributed by atoms with van der Waals surface area (Å²) in [5, 5.41) is 0. The summed E-state index contributed by atoms with van der Waals surface area (Å²) in [5.74, 6) is 0.148. The Kier molecular flexibility index (Phi) is 4.14. The first-order chi connectivity index (χ1) is 11.1. The molecule has 3 rings (SSSR count). The Morgan fingerprint density at radius 3 is 2.74 bits per heavy atom. The molecule has 2 heterocycles. The lowest BCUT2D eigenvalue weighted by Gasteiger charge is -2.17. The second-order valence-corrected chi connectivity index (χ2v) is 5.13. The van der Waals surface area contributed by atoms with E-state index in [0.29, 0.717) is 16.9 Å². The number of carbonyl (C=O) groups excluding carboxylic acids is 1. The van der Waals surface area contributed by atoms with Gasteiger partial charge in [-0.15, -0.1) is 0 Å². The van der Waals surface area contributed by atoms with Crippen LogP contribution in [0.1, 0.15) is 15.9 Å². The monoisotopic (exact) mass is 310 g/mol. The molecular formula is C17H15FN4O. The van der Waals surface area contributed by atoms with Gasteiger partial charge in [0.2, 0.25) is 0 Å². The first kappa shape index (κ1) is 14.9. The topological polar surface area (TPSA) is 51.0 Å². The van der Waals surface area contributed by atoms with Gasteiger partial charge in [-0.1, -0.05) is 18.2 Å². The standard InChI is InChI=1S/C17H15FN4O/c1-21(11-14-4-2-3-5-15(14)18)17(23)13-6-7-16(20-10-13)22-9-8-19-12-22/h2-10,12H,11H2,1H3. The minimum Gasteiger partial charge on any atom is -0.337 e. The third-order valence-corrected chi connectivity index (χ3v) is 3.48. The van der Waals surface area contributed by atoms with Crippen LogP contribution in [-0.4, -0.2) is 32.4 Å². The van der Waals surface area contributed by atoms with Crippen LogP contribution < -0.4 is 0 Å². The zero-order valence-electron chi connectivity index (χ0n) is 12.6. The van der Waals surface area contributed by atoms with E-state index in [4.69, 9.17) is 0 Å². The Labute approximate surface area is 133 Å². The van der Waals surface area contributed by atoms with Crippen molar-refractivity contribution in [3.05, 3.63) is 78.3 Å². The lowest BCUT2D eigenvalue weighted by molar-refractivity contribution is 0.0783. The van der Waals surface area contributed by atoms with Gasteiger partial charge in [-0.3, -0.25) is 9.36 Å². The van der Waals surface area contributed by atoms with Crippen LogP contribution >= 0.6 is 0 Å². The van der Waals surface area contributed by atoms with E-state index >= 15 is 0 Å². The van der Waals surface area contributed by atoms with Crippen LogP contribution in [-0.2, 0) is 6.54 Å². The molecule has 0 atom stereocenters. The maximum absolute atomic E-state index is 13.7. The molecule has 0 spiro atoms. The minimum atomic E-state index is -0.319. The van der Waals surface area contributed by atoms with Gasteiger partial charge in [-0.05, 0) is 18.2 Å². The van der Waals surface area contributed by atoms with Crippen LogP contribution in [0.25, 0.3) is 5.82 Å². The molecule has 0 fully saturated rings. The van der Waals surface area contributed by atoms with Gasteiger partial charge in [0.15, 0.2) is 0 Å². The fourth-order valence-corrected chi connectivity index (χ4v) is 2.23. The fraction of sp³-hybridized carbons (Fsp3) is 0.118. The Balaban J connectivity index is 1.73. The Morgan fingerprint density at radius 2 is 2.09 bits per heavy atom. The summed E-state index contributed by atoms with van der Waals surface area (Å²) in [6.45, 7) is 0.203. The lowest BCUT2D eigenvalue weighted by atomic mass is 10.2. The number of halogens is 1. The molecular weight excluding hydrogens is 295 g/mol. The van der Waals surface area contributed by atoms with Gasteiger partial charge >= 0.3 is 0 Å². The van der Waals surface area contributed by atoms with Crippen molar-refractivity contribution in [3.8, 4) is 5.82 Å². The Morgan fingerprint density at radius 1 is 1.26 bits per heavy atom. The molecule has 0 N–H and O–H groups in total. The molecule has 0 radical (unpaired) electrons. The van der Waals surface area contributed by atoms with E-state index in [2.05, 4.69) is 9.97 Å². The quantitative estimate of drug-likeness (QED) is 0.744. The Bertz CT molecular complexity index is 800. The smallest absolute Gasteiger partial charge is 0.255 e. The second-order valence-electron chi connectivity index (χ2n) is 5.13. The summed E-state index contributed by atoms with van der Waals surface area (Å²) in [4.78, 5) is 22.1. The zero-order chi connectivity index (χ0) is 16.2. The number of hydrogen-bond acceptors (Lipinski definition) is 3. The molecule has 1 amide bonds. The molecule has 2 aromatic heterocycles. The van der Waals surface area contributed by atoms with Crippen molar-refractivity contribution in [1.82, 2.24) is 19.4 Å². The number of amides is 1. The third kappa shape index (κ3) is 3.26. The van der Waals surface area contributed by atoms with E-state index in [1.54, 1.807) is 60.7 Å². The van der Waals surface area contributed by atoms with Crippen LogP contribution in [0.5, 0.6) is 0 Å². The SMILES string of the molecule is CN(Cc1ccccc1F)C(=O)c1ccc(-n2ccnc2)nc1. The number of benzene rings is 1. The molecule has 3 aromatic rings. The van der Waals surface area contributed by atoms with Crippen LogP contribution in [0.2, 0.25) is 0 Å². The minimum absolute atomic E-state index is 0.203. The maximum atomic E-state index is 13.7. The lowest BCUT2D eigenvalue weighted by Crippen LogP contribution is -2.26. The molecule has 0 aliphatic heterocycles. The van der Waals surface area contributed by atoms with Crippen LogP contribution in [0.15, 0.2) is 61.3 Å². The molecule has 23 heavy (non-hydrogen) atoms. The number of aromatic nitrogens is 3. The summed E-state index contributed by atoms with van der Waals surface area (Å²) in [6, 6.07) is 9.86. The van der Waals surface area contributed by atoms with Crippen molar-refractivity contribution < 1.29 is 9.18 Å². The molecule has 0 aliphatic rings. The van der Waals surface area contributed by atoms with Crippen LogP contribution in [0, 0.1) is 5.82 Å². The molecule has 0 bridgehead atoms. The number of pyridine rings is 1. The van der Waals surface area contributed by atoms with E-state index < -0.39 is 0 Å². The van der Waals surface area contributed by atoms with Crippen molar-refractivity contribution in [2.45, 2.75) is 6.54 Å². The molecule has 0 saturated heterocycles. The van der Waals surface area contributed by atoms with Crippen molar-refractivity contribution in [2.24, 2.45) is 0 Å². The summed E-state index contributed by atoms with van der Waals surface area (Å²) in [6.07, 6.45) is 6.57. The van der Waals surface area contributed by atoms with Crippen molar-refractivity contribution in [3.63, 3.8) is 0 Å². The van der Waals surface area contributed by atoms with E-state index in [0.717, 1.165) is 0 Å². The van der Waals surface area contributed by atoms with Crippen LogP contribution in [0.3, 0.4) is 0 Å². The highest BCUT2D eigenvalue weighted by Gasteiger charge is 2.14. The van der Waals surface area contributed by atoms with Gasteiger partial charge in [0.25, 0.3) is 5.91 Å². The molecule has 0 saturated carbocycles. The summed E-state index contributed by atoms with van der Waals surface area (Å²) in [5.41, 5.74) is 0.930. The predicted molar refractivity (Wildman–Crippen MR) is 83.6 cm³/mol. The highest BCUT2D eigenvalue weighted by atomic mass is 19.1. The van der Waals surface area contributed by atoms with E-state index in [1.807, 2.05) is 0 Å². The van der Waals surface area contributed by atoms with Crippen molar-refractivity contribution in [2.75, 3.05) is 7.05 Å². The second kappa shape index (κ2) is 6.39. The molecule has 116 valence electrons. The number of carbonyl (C=O) groups is 1.